The lowest BCUT2D eigenvalue weighted by Gasteiger charge is -2.16. The number of rotatable bonds is 4. The summed E-state index contributed by atoms with van der Waals surface area (Å²) in [4.78, 5) is 1.36. The van der Waals surface area contributed by atoms with E-state index in [4.69, 9.17) is 5.73 Å². The Morgan fingerprint density at radius 2 is 1.88 bits per heavy atom. The third-order valence-corrected chi connectivity index (χ3v) is 5.42. The van der Waals surface area contributed by atoms with Crippen molar-refractivity contribution in [3.63, 3.8) is 0 Å². The highest BCUT2D eigenvalue weighted by atomic mass is 79.9. The number of benzene rings is 1. The van der Waals surface area contributed by atoms with E-state index in [0.29, 0.717) is 12.5 Å². The Hall–Kier alpha value is -0.160. The van der Waals surface area contributed by atoms with Crippen LogP contribution in [0.3, 0.4) is 0 Å². The van der Waals surface area contributed by atoms with Gasteiger partial charge in [0.05, 0.1) is 0 Å². The molecule has 2 N–H and O–H groups in total. The highest BCUT2D eigenvalue weighted by Crippen LogP contribution is 2.31. The zero-order valence-electron chi connectivity index (χ0n) is 9.20. The summed E-state index contributed by atoms with van der Waals surface area (Å²) in [5, 5.41) is 2.10. The Balaban J connectivity index is 2.23. The molecule has 0 aliphatic heterocycles. The van der Waals surface area contributed by atoms with Crippen LogP contribution < -0.4 is 5.73 Å². The fourth-order valence-corrected chi connectivity index (χ4v) is 4.03. The maximum atomic E-state index is 5.91. The first-order valence-electron chi connectivity index (χ1n) is 5.38. The van der Waals surface area contributed by atoms with E-state index in [-0.39, 0.29) is 0 Å². The molecule has 0 amide bonds. The Morgan fingerprint density at radius 3 is 2.47 bits per heavy atom. The molecule has 90 valence electrons. The predicted octanol–water partition coefficient (Wildman–Crippen LogP) is 4.56. The van der Waals surface area contributed by atoms with Gasteiger partial charge in [-0.2, -0.15) is 0 Å². The lowest BCUT2D eigenvalue weighted by atomic mass is 9.95. The average molecular weight is 375 g/mol. The molecule has 0 aliphatic rings. The molecule has 0 fully saturated rings. The third-order valence-electron chi connectivity index (χ3n) is 2.75. The van der Waals surface area contributed by atoms with Crippen LogP contribution >= 0.6 is 43.2 Å². The van der Waals surface area contributed by atoms with Gasteiger partial charge in [0.2, 0.25) is 0 Å². The van der Waals surface area contributed by atoms with E-state index < -0.39 is 0 Å². The van der Waals surface area contributed by atoms with Gasteiger partial charge in [0.25, 0.3) is 0 Å². The summed E-state index contributed by atoms with van der Waals surface area (Å²) in [6.07, 6.45) is 0.983. The number of hydrogen-bond donors (Lipinski definition) is 1. The lowest BCUT2D eigenvalue weighted by Crippen LogP contribution is -2.15. The summed E-state index contributed by atoms with van der Waals surface area (Å²) < 4.78 is 2.33. The minimum atomic E-state index is 0.362. The predicted molar refractivity (Wildman–Crippen MR) is 81.7 cm³/mol. The summed E-state index contributed by atoms with van der Waals surface area (Å²) in [7, 11) is 0. The SMILES string of the molecule is NCC(Cc1sccc1Br)c1ccccc1Br. The molecule has 2 aromatic rings. The summed E-state index contributed by atoms with van der Waals surface area (Å²) in [5.41, 5.74) is 7.20. The largest absolute Gasteiger partial charge is 0.330 e. The average Bonchev–Trinajstić information content (AvgIpc) is 2.73. The molecule has 0 saturated carbocycles. The van der Waals surface area contributed by atoms with Crippen LogP contribution in [0.1, 0.15) is 16.4 Å². The van der Waals surface area contributed by atoms with Crippen molar-refractivity contribution in [1.82, 2.24) is 0 Å². The molecule has 17 heavy (non-hydrogen) atoms. The molecule has 1 nitrogen and oxygen atoms in total. The van der Waals surface area contributed by atoms with Crippen molar-refractivity contribution in [2.24, 2.45) is 5.73 Å². The highest BCUT2D eigenvalue weighted by molar-refractivity contribution is 9.10. The van der Waals surface area contributed by atoms with Gasteiger partial charge in [-0.1, -0.05) is 34.1 Å². The van der Waals surface area contributed by atoms with E-state index in [1.54, 1.807) is 11.3 Å². The Kier molecular flexibility index (Phi) is 4.79. The van der Waals surface area contributed by atoms with Crippen LogP contribution in [-0.2, 0) is 6.42 Å². The van der Waals surface area contributed by atoms with E-state index in [0.717, 1.165) is 10.9 Å². The molecule has 1 unspecified atom stereocenters. The number of halogens is 2. The van der Waals surface area contributed by atoms with Crippen molar-refractivity contribution < 1.29 is 0 Å². The summed E-state index contributed by atoms with van der Waals surface area (Å²) in [6, 6.07) is 10.4. The molecular formula is C13H13Br2NS. The van der Waals surface area contributed by atoms with Crippen molar-refractivity contribution in [2.75, 3.05) is 6.54 Å². The molecule has 1 aromatic carbocycles. The molecule has 4 heteroatoms. The van der Waals surface area contributed by atoms with Crippen LogP contribution in [0.15, 0.2) is 44.7 Å². The van der Waals surface area contributed by atoms with Crippen LogP contribution in [0.4, 0.5) is 0 Å². The fraction of sp³-hybridized carbons (Fsp3) is 0.231. The van der Waals surface area contributed by atoms with Crippen LogP contribution in [0, 0.1) is 0 Å². The van der Waals surface area contributed by atoms with Gasteiger partial charge in [-0.05, 0) is 52.0 Å². The van der Waals surface area contributed by atoms with Gasteiger partial charge >= 0.3 is 0 Å². The molecule has 0 saturated heterocycles. The number of thiophene rings is 1. The Morgan fingerprint density at radius 1 is 1.12 bits per heavy atom. The van der Waals surface area contributed by atoms with E-state index in [1.807, 2.05) is 6.07 Å². The standard InChI is InChI=1S/C13H13Br2NS/c14-11-4-2-1-3-10(11)9(8-16)7-13-12(15)5-6-17-13/h1-6,9H,7-8,16H2. The molecule has 2 rings (SSSR count). The van der Waals surface area contributed by atoms with Gasteiger partial charge in [0.1, 0.15) is 0 Å². The summed E-state index contributed by atoms with van der Waals surface area (Å²) in [6.45, 7) is 0.660. The summed E-state index contributed by atoms with van der Waals surface area (Å²) >= 11 is 8.95. The van der Waals surface area contributed by atoms with E-state index in [9.17, 15) is 0 Å². The summed E-state index contributed by atoms with van der Waals surface area (Å²) in [5.74, 6) is 0.362. The van der Waals surface area contributed by atoms with Crippen LogP contribution in [0.25, 0.3) is 0 Å². The molecule has 0 bridgehead atoms. The van der Waals surface area contributed by atoms with Gasteiger partial charge in [0.15, 0.2) is 0 Å². The second-order valence-corrected chi connectivity index (χ2v) is 6.56. The molecule has 1 aromatic heterocycles. The van der Waals surface area contributed by atoms with Gasteiger partial charge in [-0.3, -0.25) is 0 Å². The van der Waals surface area contributed by atoms with E-state index >= 15 is 0 Å². The van der Waals surface area contributed by atoms with Gasteiger partial charge in [-0.15, -0.1) is 11.3 Å². The number of hydrogen-bond acceptors (Lipinski definition) is 2. The second kappa shape index (κ2) is 6.14. The fourth-order valence-electron chi connectivity index (χ4n) is 1.82. The van der Waals surface area contributed by atoms with Crippen LogP contribution in [0.2, 0.25) is 0 Å². The quantitative estimate of drug-likeness (QED) is 0.833. The first-order chi connectivity index (χ1) is 8.22. The Bertz CT molecular complexity index is 496. The smallest absolute Gasteiger partial charge is 0.0314 e. The van der Waals surface area contributed by atoms with Gasteiger partial charge < -0.3 is 5.73 Å². The lowest BCUT2D eigenvalue weighted by molar-refractivity contribution is 0.697. The van der Waals surface area contributed by atoms with Gasteiger partial charge in [0, 0.05) is 19.7 Å². The number of nitrogens with two attached hydrogens (primary N) is 1. The highest BCUT2D eigenvalue weighted by Gasteiger charge is 2.15. The van der Waals surface area contributed by atoms with Crippen LogP contribution in [-0.4, -0.2) is 6.54 Å². The second-order valence-electron chi connectivity index (χ2n) is 3.85. The van der Waals surface area contributed by atoms with Crippen molar-refractivity contribution in [3.8, 4) is 0 Å². The molecule has 1 atom stereocenters. The molecule has 0 spiro atoms. The van der Waals surface area contributed by atoms with Crippen molar-refractivity contribution in [2.45, 2.75) is 12.3 Å². The Labute approximate surface area is 122 Å². The van der Waals surface area contributed by atoms with Crippen molar-refractivity contribution in [1.29, 1.82) is 0 Å². The first kappa shape index (κ1) is 13.3. The van der Waals surface area contributed by atoms with Gasteiger partial charge in [-0.25, -0.2) is 0 Å². The van der Waals surface area contributed by atoms with Crippen molar-refractivity contribution in [3.05, 3.63) is 55.1 Å². The maximum absolute atomic E-state index is 5.91. The van der Waals surface area contributed by atoms with Crippen molar-refractivity contribution >= 4 is 43.2 Å². The van der Waals surface area contributed by atoms with Crippen LogP contribution in [0.5, 0.6) is 0 Å². The minimum Gasteiger partial charge on any atom is -0.330 e. The van der Waals surface area contributed by atoms with E-state index in [1.165, 1.54) is 14.9 Å². The normalized spacial score (nSPS) is 12.6. The molecule has 1 heterocycles. The zero-order chi connectivity index (χ0) is 12.3. The maximum Gasteiger partial charge on any atom is 0.0314 e. The topological polar surface area (TPSA) is 26.0 Å². The van der Waals surface area contributed by atoms with E-state index in [2.05, 4.69) is 61.5 Å². The minimum absolute atomic E-state index is 0.362. The molecule has 0 aliphatic carbocycles. The first-order valence-corrected chi connectivity index (χ1v) is 7.85. The zero-order valence-corrected chi connectivity index (χ0v) is 13.2. The molecular weight excluding hydrogens is 362 g/mol. The third kappa shape index (κ3) is 3.19. The monoisotopic (exact) mass is 373 g/mol. The molecule has 0 radical (unpaired) electrons.